The van der Waals surface area contributed by atoms with Crippen molar-refractivity contribution in [2.45, 2.75) is 24.8 Å². The molecule has 0 saturated carbocycles. The lowest BCUT2D eigenvalue weighted by Gasteiger charge is -2.21. The molecule has 27 heavy (non-hydrogen) atoms. The van der Waals surface area contributed by atoms with Crippen molar-refractivity contribution >= 4 is 23.6 Å². The van der Waals surface area contributed by atoms with Gasteiger partial charge in [0.15, 0.2) is 0 Å². The Kier molecular flexibility index (Phi) is 6.50. The van der Waals surface area contributed by atoms with E-state index in [-0.39, 0.29) is 17.7 Å². The molecule has 0 unspecified atom stereocenters. The Morgan fingerprint density at radius 1 is 1.22 bits per heavy atom. The standard InChI is InChI=1S/C21H25N3O2S/c1-16-3-5-19(6-4-16)27-12-11-23(2)21(26)18-13-20(25)24(15-18)14-17-7-9-22-10-8-17/h3-10,18H,11-15H2,1-2H3/t18-/m0/s1. The van der Waals surface area contributed by atoms with E-state index in [2.05, 4.69) is 36.2 Å². The van der Waals surface area contributed by atoms with Gasteiger partial charge < -0.3 is 9.80 Å². The minimum Gasteiger partial charge on any atom is -0.345 e. The van der Waals surface area contributed by atoms with Crippen molar-refractivity contribution < 1.29 is 9.59 Å². The number of aromatic nitrogens is 1. The van der Waals surface area contributed by atoms with Crippen LogP contribution in [0, 0.1) is 12.8 Å². The summed E-state index contributed by atoms with van der Waals surface area (Å²) < 4.78 is 0. The summed E-state index contributed by atoms with van der Waals surface area (Å²) in [6, 6.07) is 12.2. The van der Waals surface area contributed by atoms with E-state index in [0.29, 0.717) is 26.1 Å². The first kappa shape index (κ1) is 19.4. The number of amides is 2. The van der Waals surface area contributed by atoms with E-state index in [1.54, 1.807) is 34.0 Å². The van der Waals surface area contributed by atoms with Crippen molar-refractivity contribution in [3.05, 3.63) is 59.9 Å². The van der Waals surface area contributed by atoms with Crippen molar-refractivity contribution in [2.75, 3.05) is 25.9 Å². The first-order valence-corrected chi connectivity index (χ1v) is 10.1. The summed E-state index contributed by atoms with van der Waals surface area (Å²) in [6.45, 7) is 3.78. The fourth-order valence-corrected chi connectivity index (χ4v) is 4.09. The zero-order valence-electron chi connectivity index (χ0n) is 15.8. The molecule has 1 saturated heterocycles. The van der Waals surface area contributed by atoms with Gasteiger partial charge in [-0.05, 0) is 36.8 Å². The summed E-state index contributed by atoms with van der Waals surface area (Å²) in [4.78, 5) is 33.7. The van der Waals surface area contributed by atoms with Crippen LogP contribution in [-0.4, -0.2) is 52.5 Å². The Morgan fingerprint density at radius 3 is 2.63 bits per heavy atom. The topological polar surface area (TPSA) is 53.5 Å². The molecule has 1 aromatic carbocycles. The first-order valence-electron chi connectivity index (χ1n) is 9.14. The van der Waals surface area contributed by atoms with E-state index in [0.717, 1.165) is 11.3 Å². The van der Waals surface area contributed by atoms with Gasteiger partial charge in [-0.1, -0.05) is 17.7 Å². The van der Waals surface area contributed by atoms with Crippen LogP contribution in [0.2, 0.25) is 0 Å². The third kappa shape index (κ3) is 5.32. The van der Waals surface area contributed by atoms with Crippen LogP contribution < -0.4 is 0 Å². The van der Waals surface area contributed by atoms with Gasteiger partial charge in [0.2, 0.25) is 11.8 Å². The Hall–Kier alpha value is -2.34. The van der Waals surface area contributed by atoms with Crippen LogP contribution in [0.25, 0.3) is 0 Å². The van der Waals surface area contributed by atoms with Crippen molar-refractivity contribution in [1.29, 1.82) is 0 Å². The van der Waals surface area contributed by atoms with Gasteiger partial charge in [-0.25, -0.2) is 0 Å². The minimum absolute atomic E-state index is 0.0487. The van der Waals surface area contributed by atoms with Gasteiger partial charge in [-0.2, -0.15) is 0 Å². The molecule has 3 rings (SSSR count). The number of pyridine rings is 1. The number of likely N-dealkylation sites (tertiary alicyclic amines) is 1. The second kappa shape index (κ2) is 9.04. The lowest BCUT2D eigenvalue weighted by atomic mass is 10.1. The number of carbonyl (C=O) groups excluding carboxylic acids is 2. The minimum atomic E-state index is -0.242. The van der Waals surface area contributed by atoms with Gasteiger partial charge in [0.1, 0.15) is 0 Å². The largest absolute Gasteiger partial charge is 0.345 e. The van der Waals surface area contributed by atoms with Crippen LogP contribution >= 0.6 is 11.8 Å². The molecule has 0 radical (unpaired) electrons. The fraction of sp³-hybridized carbons (Fsp3) is 0.381. The lowest BCUT2D eigenvalue weighted by molar-refractivity contribution is -0.134. The second-order valence-corrected chi connectivity index (χ2v) is 8.12. The number of hydrogen-bond donors (Lipinski definition) is 0. The highest BCUT2D eigenvalue weighted by molar-refractivity contribution is 7.99. The highest BCUT2D eigenvalue weighted by Gasteiger charge is 2.35. The van der Waals surface area contributed by atoms with Crippen LogP contribution in [0.5, 0.6) is 0 Å². The highest BCUT2D eigenvalue weighted by atomic mass is 32.2. The molecule has 2 aromatic rings. The third-order valence-corrected chi connectivity index (χ3v) is 5.77. The molecule has 0 N–H and O–H groups in total. The van der Waals surface area contributed by atoms with E-state index in [1.165, 1.54) is 10.5 Å². The molecule has 1 aliphatic heterocycles. The second-order valence-electron chi connectivity index (χ2n) is 6.95. The van der Waals surface area contributed by atoms with Gasteiger partial charge >= 0.3 is 0 Å². The quantitative estimate of drug-likeness (QED) is 0.690. The highest BCUT2D eigenvalue weighted by Crippen LogP contribution is 2.23. The maximum atomic E-state index is 12.7. The van der Waals surface area contributed by atoms with Crippen LogP contribution in [0.4, 0.5) is 0 Å². The van der Waals surface area contributed by atoms with Crippen molar-refractivity contribution in [3.8, 4) is 0 Å². The number of thioether (sulfide) groups is 1. The van der Waals surface area contributed by atoms with Crippen LogP contribution in [0.1, 0.15) is 17.5 Å². The number of benzene rings is 1. The Morgan fingerprint density at radius 2 is 1.93 bits per heavy atom. The maximum absolute atomic E-state index is 12.7. The Labute approximate surface area is 164 Å². The zero-order valence-corrected chi connectivity index (χ0v) is 16.6. The average Bonchev–Trinajstić information content (AvgIpc) is 3.04. The van der Waals surface area contributed by atoms with Gasteiger partial charge in [0.25, 0.3) is 0 Å². The van der Waals surface area contributed by atoms with Crippen LogP contribution in [-0.2, 0) is 16.1 Å². The molecule has 0 bridgehead atoms. The van der Waals surface area contributed by atoms with E-state index >= 15 is 0 Å². The summed E-state index contributed by atoms with van der Waals surface area (Å²) in [5.41, 5.74) is 2.28. The van der Waals surface area contributed by atoms with Crippen molar-refractivity contribution in [1.82, 2.24) is 14.8 Å². The SMILES string of the molecule is Cc1ccc(SCCN(C)C(=O)[C@H]2CC(=O)N(Cc3ccncc3)C2)cc1. The van der Waals surface area contributed by atoms with Crippen LogP contribution in [0.3, 0.4) is 0 Å². The van der Waals surface area contributed by atoms with E-state index in [1.807, 2.05) is 19.2 Å². The third-order valence-electron chi connectivity index (χ3n) is 4.78. The predicted molar refractivity (Wildman–Crippen MR) is 107 cm³/mol. The summed E-state index contributed by atoms with van der Waals surface area (Å²) in [5.74, 6) is 0.707. The molecule has 0 spiro atoms. The number of carbonyl (C=O) groups is 2. The number of aryl methyl sites for hydroxylation is 1. The van der Waals surface area contributed by atoms with Gasteiger partial charge in [-0.3, -0.25) is 14.6 Å². The smallest absolute Gasteiger partial charge is 0.227 e. The maximum Gasteiger partial charge on any atom is 0.227 e. The summed E-state index contributed by atoms with van der Waals surface area (Å²) in [7, 11) is 1.83. The Bertz CT molecular complexity index is 780. The van der Waals surface area contributed by atoms with E-state index < -0.39 is 0 Å². The molecule has 1 aliphatic rings. The molecule has 142 valence electrons. The normalized spacial score (nSPS) is 16.6. The van der Waals surface area contributed by atoms with E-state index in [4.69, 9.17) is 0 Å². The molecule has 0 aliphatic carbocycles. The fourth-order valence-electron chi connectivity index (χ4n) is 3.16. The molecule has 1 aromatic heterocycles. The molecular formula is C21H25N3O2S. The van der Waals surface area contributed by atoms with Crippen molar-refractivity contribution in [3.63, 3.8) is 0 Å². The van der Waals surface area contributed by atoms with Gasteiger partial charge in [-0.15, -0.1) is 11.8 Å². The molecule has 2 heterocycles. The van der Waals surface area contributed by atoms with Gasteiger partial charge in [0, 0.05) is 56.1 Å². The number of hydrogen-bond acceptors (Lipinski definition) is 4. The molecule has 6 heteroatoms. The Balaban J connectivity index is 1.47. The predicted octanol–water partition coefficient (Wildman–Crippen LogP) is 2.99. The van der Waals surface area contributed by atoms with Crippen molar-refractivity contribution in [2.24, 2.45) is 5.92 Å². The van der Waals surface area contributed by atoms with Crippen LogP contribution in [0.15, 0.2) is 53.7 Å². The molecule has 5 nitrogen and oxygen atoms in total. The zero-order chi connectivity index (χ0) is 19.2. The number of rotatable bonds is 7. The molecule has 1 fully saturated rings. The monoisotopic (exact) mass is 383 g/mol. The average molecular weight is 384 g/mol. The molecule has 2 amide bonds. The summed E-state index contributed by atoms with van der Waals surface area (Å²) >= 11 is 1.74. The lowest BCUT2D eigenvalue weighted by Crippen LogP contribution is -2.35. The molecular weight excluding hydrogens is 358 g/mol. The van der Waals surface area contributed by atoms with Gasteiger partial charge in [0.05, 0.1) is 5.92 Å². The summed E-state index contributed by atoms with van der Waals surface area (Å²) in [6.07, 6.45) is 3.75. The first-order chi connectivity index (χ1) is 13.0. The molecule has 1 atom stereocenters. The van der Waals surface area contributed by atoms with E-state index in [9.17, 15) is 9.59 Å². The number of nitrogens with zero attached hydrogens (tertiary/aromatic N) is 3. The summed E-state index contributed by atoms with van der Waals surface area (Å²) in [5, 5.41) is 0.